The van der Waals surface area contributed by atoms with E-state index in [1.54, 1.807) is 43.5 Å². The minimum atomic E-state index is -0.683. The van der Waals surface area contributed by atoms with E-state index < -0.39 is 11.9 Å². The number of benzene rings is 2. The number of hydrogen-bond donors (Lipinski definition) is 2. The maximum atomic E-state index is 12.8. The van der Waals surface area contributed by atoms with Crippen molar-refractivity contribution in [3.8, 4) is 11.8 Å². The molecule has 0 bridgehead atoms. The lowest BCUT2D eigenvalue weighted by atomic mass is 10.2. The Labute approximate surface area is 179 Å². The molecule has 2 aromatic carbocycles. The minimum absolute atomic E-state index is 0.0564. The number of rotatable bonds is 3. The number of hydrogen-bond acceptors (Lipinski definition) is 5. The Morgan fingerprint density at radius 2 is 1.84 bits per heavy atom. The number of hydrazine groups is 1. The normalized spacial score (nSPS) is 15.3. The van der Waals surface area contributed by atoms with E-state index in [2.05, 4.69) is 32.6 Å². The molecule has 2 N–H and O–H groups in total. The first-order valence-electron chi connectivity index (χ1n) is 9.68. The zero-order valence-electron chi connectivity index (χ0n) is 16.7. The first-order valence-corrected chi connectivity index (χ1v) is 9.68. The monoisotopic (exact) mass is 409 g/mol. The van der Waals surface area contributed by atoms with E-state index in [9.17, 15) is 9.59 Å². The SMILES string of the molecule is CC1N=C(C(=O)Nc2cccc(C#Cc3ccccn3)c2)NN(c2ccccc2)C1=O. The molecule has 1 aliphatic heterocycles. The van der Waals surface area contributed by atoms with Crippen molar-refractivity contribution in [2.75, 3.05) is 10.3 Å². The Morgan fingerprint density at radius 1 is 1.03 bits per heavy atom. The van der Waals surface area contributed by atoms with Crippen LogP contribution in [-0.2, 0) is 9.59 Å². The second-order valence-corrected chi connectivity index (χ2v) is 6.77. The molecule has 4 rings (SSSR count). The largest absolute Gasteiger partial charge is 0.319 e. The second kappa shape index (κ2) is 8.93. The molecule has 7 heteroatoms. The van der Waals surface area contributed by atoms with Gasteiger partial charge >= 0.3 is 0 Å². The number of amidine groups is 1. The fourth-order valence-corrected chi connectivity index (χ4v) is 2.94. The smallest absolute Gasteiger partial charge is 0.292 e. The first-order chi connectivity index (χ1) is 15.1. The van der Waals surface area contributed by atoms with Crippen molar-refractivity contribution in [3.05, 3.63) is 90.3 Å². The van der Waals surface area contributed by atoms with Gasteiger partial charge in [-0.1, -0.05) is 36.3 Å². The molecule has 2 heterocycles. The molecule has 3 aromatic rings. The van der Waals surface area contributed by atoms with E-state index >= 15 is 0 Å². The number of nitrogens with one attached hydrogen (secondary N) is 2. The molecule has 1 unspecified atom stereocenters. The predicted molar refractivity (Wildman–Crippen MR) is 119 cm³/mol. The highest BCUT2D eigenvalue weighted by atomic mass is 16.2. The molecule has 7 nitrogen and oxygen atoms in total. The van der Waals surface area contributed by atoms with E-state index in [0.717, 1.165) is 5.56 Å². The predicted octanol–water partition coefficient (Wildman–Crippen LogP) is 2.76. The lowest BCUT2D eigenvalue weighted by Crippen LogP contribution is -2.57. The molecule has 0 radical (unpaired) electrons. The summed E-state index contributed by atoms with van der Waals surface area (Å²) in [7, 11) is 0. The quantitative estimate of drug-likeness (QED) is 0.652. The zero-order chi connectivity index (χ0) is 21.6. The van der Waals surface area contributed by atoms with Crippen molar-refractivity contribution in [1.29, 1.82) is 0 Å². The van der Waals surface area contributed by atoms with Crippen molar-refractivity contribution >= 4 is 29.0 Å². The molecule has 0 fully saturated rings. The van der Waals surface area contributed by atoms with Crippen LogP contribution in [0.5, 0.6) is 0 Å². The second-order valence-electron chi connectivity index (χ2n) is 6.77. The van der Waals surface area contributed by atoms with E-state index in [1.165, 1.54) is 5.01 Å². The van der Waals surface area contributed by atoms with E-state index in [0.29, 0.717) is 17.1 Å². The standard InChI is InChI=1S/C24H19N5O2/c1-17-24(31)29(21-11-3-2-4-12-21)28-22(26-17)23(30)27-20-10-7-8-18(16-20)13-14-19-9-5-6-15-25-19/h2-12,15-17H,1H3,(H,26,28)(H,27,30). The van der Waals surface area contributed by atoms with Crippen LogP contribution in [0.4, 0.5) is 11.4 Å². The highest BCUT2D eigenvalue weighted by Gasteiger charge is 2.30. The van der Waals surface area contributed by atoms with Gasteiger partial charge in [-0.3, -0.25) is 15.0 Å². The van der Waals surface area contributed by atoms with Gasteiger partial charge < -0.3 is 5.32 Å². The number of para-hydroxylation sites is 1. The fraction of sp³-hybridized carbons (Fsp3) is 0.0833. The summed E-state index contributed by atoms with van der Waals surface area (Å²) >= 11 is 0. The van der Waals surface area contributed by atoms with E-state index in [4.69, 9.17) is 0 Å². The Hall–Kier alpha value is -4.44. The minimum Gasteiger partial charge on any atom is -0.319 e. The fourth-order valence-electron chi connectivity index (χ4n) is 2.94. The van der Waals surface area contributed by atoms with Crippen LogP contribution in [-0.4, -0.2) is 28.7 Å². The number of aromatic nitrogens is 1. The van der Waals surface area contributed by atoms with Crippen molar-refractivity contribution in [1.82, 2.24) is 10.4 Å². The molecular formula is C24H19N5O2. The van der Waals surface area contributed by atoms with Crippen LogP contribution < -0.4 is 15.8 Å². The Morgan fingerprint density at radius 3 is 2.61 bits per heavy atom. The average molecular weight is 409 g/mol. The topological polar surface area (TPSA) is 86.7 Å². The number of anilines is 2. The molecule has 1 atom stereocenters. The molecule has 0 spiro atoms. The van der Waals surface area contributed by atoms with Crippen LogP contribution in [0.2, 0.25) is 0 Å². The van der Waals surface area contributed by atoms with Gasteiger partial charge in [0.15, 0.2) is 0 Å². The van der Waals surface area contributed by atoms with Gasteiger partial charge in [0.2, 0.25) is 5.84 Å². The van der Waals surface area contributed by atoms with Crippen LogP contribution >= 0.6 is 0 Å². The molecule has 0 saturated carbocycles. The number of pyridine rings is 1. The van der Waals surface area contributed by atoms with Gasteiger partial charge in [0.1, 0.15) is 11.7 Å². The highest BCUT2D eigenvalue weighted by molar-refractivity contribution is 6.43. The van der Waals surface area contributed by atoms with Crippen molar-refractivity contribution in [2.24, 2.45) is 4.99 Å². The van der Waals surface area contributed by atoms with Crippen LogP contribution in [0.1, 0.15) is 18.2 Å². The van der Waals surface area contributed by atoms with Gasteiger partial charge in [-0.05, 0) is 55.3 Å². The van der Waals surface area contributed by atoms with E-state index in [-0.39, 0.29) is 11.7 Å². The molecular weight excluding hydrogens is 390 g/mol. The molecule has 0 aliphatic carbocycles. The number of carbonyl (C=O) groups excluding carboxylic acids is 2. The Bertz CT molecular complexity index is 1200. The number of amides is 2. The van der Waals surface area contributed by atoms with Gasteiger partial charge in [-0.25, -0.2) is 15.0 Å². The maximum Gasteiger partial charge on any atom is 0.292 e. The zero-order valence-corrected chi connectivity index (χ0v) is 16.7. The van der Waals surface area contributed by atoms with Gasteiger partial charge in [-0.15, -0.1) is 0 Å². The third kappa shape index (κ3) is 4.77. The van der Waals surface area contributed by atoms with Gasteiger partial charge in [0, 0.05) is 17.4 Å². The first kappa shape index (κ1) is 19.9. The van der Waals surface area contributed by atoms with Gasteiger partial charge in [-0.2, -0.15) is 0 Å². The summed E-state index contributed by atoms with van der Waals surface area (Å²) in [5.74, 6) is 5.38. The number of nitrogens with zero attached hydrogens (tertiary/aromatic N) is 3. The van der Waals surface area contributed by atoms with Crippen LogP contribution in [0.25, 0.3) is 0 Å². The van der Waals surface area contributed by atoms with Crippen molar-refractivity contribution in [2.45, 2.75) is 13.0 Å². The Kier molecular flexibility index (Phi) is 5.72. The number of carbonyl (C=O) groups is 2. The molecule has 31 heavy (non-hydrogen) atoms. The van der Waals surface area contributed by atoms with Crippen LogP contribution in [0.3, 0.4) is 0 Å². The third-order valence-corrected chi connectivity index (χ3v) is 4.47. The highest BCUT2D eigenvalue weighted by Crippen LogP contribution is 2.17. The Balaban J connectivity index is 1.50. The van der Waals surface area contributed by atoms with Gasteiger partial charge in [0.25, 0.3) is 11.8 Å². The summed E-state index contributed by atoms with van der Waals surface area (Å²) in [6.45, 7) is 1.65. The molecule has 152 valence electrons. The summed E-state index contributed by atoms with van der Waals surface area (Å²) < 4.78 is 0. The van der Waals surface area contributed by atoms with Crippen LogP contribution in [0, 0.1) is 11.8 Å². The van der Waals surface area contributed by atoms with Crippen LogP contribution in [0.15, 0.2) is 84.0 Å². The summed E-state index contributed by atoms with van der Waals surface area (Å²) in [5, 5.41) is 4.14. The average Bonchev–Trinajstić information content (AvgIpc) is 2.81. The lowest BCUT2D eigenvalue weighted by molar-refractivity contribution is -0.120. The van der Waals surface area contributed by atoms with Crippen molar-refractivity contribution < 1.29 is 9.59 Å². The van der Waals surface area contributed by atoms with E-state index in [1.807, 2.05) is 42.5 Å². The maximum absolute atomic E-state index is 12.8. The molecule has 2 amide bonds. The molecule has 0 saturated heterocycles. The lowest BCUT2D eigenvalue weighted by Gasteiger charge is -2.30. The summed E-state index contributed by atoms with van der Waals surface area (Å²) in [6.07, 6.45) is 1.68. The van der Waals surface area contributed by atoms with Gasteiger partial charge in [0.05, 0.1) is 5.69 Å². The summed E-state index contributed by atoms with van der Waals surface area (Å²) in [4.78, 5) is 33.7. The van der Waals surface area contributed by atoms with Crippen molar-refractivity contribution in [3.63, 3.8) is 0 Å². The molecule has 1 aliphatic rings. The summed E-state index contributed by atoms with van der Waals surface area (Å²) in [5.41, 5.74) is 5.41. The molecule has 1 aromatic heterocycles. The number of aliphatic imine (C=N–C) groups is 1. The third-order valence-electron chi connectivity index (χ3n) is 4.47. The summed E-state index contributed by atoms with van der Waals surface area (Å²) in [6, 6.07) is 21.1.